The number of hydrogen-bond acceptors (Lipinski definition) is 6. The van der Waals surface area contributed by atoms with Crippen molar-refractivity contribution in [2.45, 2.75) is 20.0 Å². The minimum Gasteiger partial charge on any atom is -0.474 e. The fourth-order valence-electron chi connectivity index (χ4n) is 3.06. The lowest BCUT2D eigenvalue weighted by Crippen LogP contribution is -2.19. The molecule has 152 valence electrons. The van der Waals surface area contributed by atoms with Gasteiger partial charge >= 0.3 is 5.97 Å². The maximum Gasteiger partial charge on any atom is 0.344 e. The van der Waals surface area contributed by atoms with Crippen LogP contribution in [0.5, 0.6) is 5.75 Å². The van der Waals surface area contributed by atoms with E-state index in [4.69, 9.17) is 18.3 Å². The number of aryl methyl sites for hydroxylation is 1. The largest absolute Gasteiger partial charge is 0.474 e. The van der Waals surface area contributed by atoms with Crippen LogP contribution in [0.25, 0.3) is 22.5 Å². The minimum atomic E-state index is -0.592. The molecule has 6 heteroatoms. The number of esters is 1. The molecule has 0 fully saturated rings. The highest BCUT2D eigenvalue weighted by atomic mass is 16.6. The van der Waals surface area contributed by atoms with E-state index >= 15 is 0 Å². The van der Waals surface area contributed by atoms with Crippen molar-refractivity contribution in [3.8, 4) is 17.3 Å². The number of fused-ring (bicyclic) bond motifs is 1. The topological polar surface area (TPSA) is 78.9 Å². The molecule has 0 aliphatic carbocycles. The number of carbonyl (C=O) groups excluding carboxylic acids is 1. The molecule has 0 aliphatic heterocycles. The first-order chi connectivity index (χ1) is 14.7. The summed E-state index contributed by atoms with van der Waals surface area (Å²) in [5.41, 5.74) is 1.91. The van der Waals surface area contributed by atoms with E-state index in [1.54, 1.807) is 24.3 Å². The van der Waals surface area contributed by atoms with E-state index in [1.807, 2.05) is 43.3 Å². The lowest BCUT2D eigenvalue weighted by Gasteiger charge is -2.11. The maximum atomic E-state index is 13.1. The second-order valence-corrected chi connectivity index (χ2v) is 6.69. The molecule has 0 unspecified atom stereocenters. The average Bonchev–Trinajstić information content (AvgIpc) is 3.32. The van der Waals surface area contributed by atoms with Gasteiger partial charge in [-0.15, -0.1) is 0 Å². The zero-order valence-electron chi connectivity index (χ0n) is 16.4. The van der Waals surface area contributed by atoms with Gasteiger partial charge in [0.25, 0.3) is 0 Å². The Morgan fingerprint density at radius 2 is 1.83 bits per heavy atom. The molecule has 0 saturated carbocycles. The predicted molar refractivity (Wildman–Crippen MR) is 111 cm³/mol. The minimum absolute atomic E-state index is 0.0811. The highest BCUT2D eigenvalue weighted by Crippen LogP contribution is 2.31. The lowest BCUT2D eigenvalue weighted by atomic mass is 10.1. The Labute approximate surface area is 172 Å². The summed E-state index contributed by atoms with van der Waals surface area (Å²) in [6.45, 7) is 1.70. The standard InChI is InChI=1S/C24H20O6/c1-2-16-10-11-19-18(13-16)22(26)24(23(30-19)20-9-6-12-27-20)29-15-21(25)28-14-17-7-4-3-5-8-17/h3-13H,2,14-15H2,1H3. The van der Waals surface area contributed by atoms with E-state index in [9.17, 15) is 9.59 Å². The van der Waals surface area contributed by atoms with Crippen LogP contribution < -0.4 is 10.2 Å². The lowest BCUT2D eigenvalue weighted by molar-refractivity contribution is -0.147. The first kappa shape index (κ1) is 19.5. The molecule has 0 N–H and O–H groups in total. The van der Waals surface area contributed by atoms with E-state index in [0.717, 1.165) is 17.5 Å². The smallest absolute Gasteiger partial charge is 0.344 e. The summed E-state index contributed by atoms with van der Waals surface area (Å²) in [6, 6.07) is 18.1. The highest BCUT2D eigenvalue weighted by molar-refractivity contribution is 5.82. The number of carbonyl (C=O) groups is 1. The molecule has 2 aromatic heterocycles. The van der Waals surface area contributed by atoms with Gasteiger partial charge in [0.15, 0.2) is 12.4 Å². The van der Waals surface area contributed by atoms with Crippen LogP contribution in [-0.4, -0.2) is 12.6 Å². The number of hydrogen-bond donors (Lipinski definition) is 0. The predicted octanol–water partition coefficient (Wildman–Crippen LogP) is 4.74. The summed E-state index contributed by atoms with van der Waals surface area (Å²) in [5, 5.41) is 0.386. The molecule has 0 radical (unpaired) electrons. The van der Waals surface area contributed by atoms with Crippen molar-refractivity contribution in [3.63, 3.8) is 0 Å². The molecule has 4 aromatic rings. The molecule has 2 aromatic carbocycles. The van der Waals surface area contributed by atoms with Crippen LogP contribution in [0, 0.1) is 0 Å². The average molecular weight is 404 g/mol. The summed E-state index contributed by atoms with van der Waals surface area (Å²) in [7, 11) is 0. The fraction of sp³-hybridized carbons (Fsp3) is 0.167. The van der Waals surface area contributed by atoms with Crippen molar-refractivity contribution < 1.29 is 23.1 Å². The van der Waals surface area contributed by atoms with Gasteiger partial charge in [-0.1, -0.05) is 43.3 Å². The quantitative estimate of drug-likeness (QED) is 0.414. The van der Waals surface area contributed by atoms with Crippen molar-refractivity contribution >= 4 is 16.9 Å². The van der Waals surface area contributed by atoms with E-state index in [-0.39, 0.29) is 23.5 Å². The van der Waals surface area contributed by atoms with Gasteiger partial charge in [-0.05, 0) is 41.8 Å². The molecular weight excluding hydrogens is 384 g/mol. The molecule has 0 saturated heterocycles. The van der Waals surface area contributed by atoms with Crippen LogP contribution in [0.15, 0.2) is 80.6 Å². The summed E-state index contributed by atoms with van der Waals surface area (Å²) in [6.07, 6.45) is 2.24. The summed E-state index contributed by atoms with van der Waals surface area (Å²) in [5.74, 6) is -0.202. The molecule has 0 aliphatic rings. The van der Waals surface area contributed by atoms with E-state index in [1.165, 1.54) is 6.26 Å². The molecule has 6 nitrogen and oxygen atoms in total. The Morgan fingerprint density at radius 3 is 2.57 bits per heavy atom. The Bertz CT molecular complexity index is 1210. The molecule has 0 atom stereocenters. The van der Waals surface area contributed by atoms with Crippen LogP contribution in [0.2, 0.25) is 0 Å². The van der Waals surface area contributed by atoms with Gasteiger partial charge in [0.1, 0.15) is 12.2 Å². The third kappa shape index (κ3) is 4.12. The SMILES string of the molecule is CCc1ccc2oc(-c3ccco3)c(OCC(=O)OCc3ccccc3)c(=O)c2c1. The zero-order chi connectivity index (χ0) is 20.9. The molecule has 30 heavy (non-hydrogen) atoms. The molecule has 0 bridgehead atoms. The van der Waals surface area contributed by atoms with Crippen molar-refractivity contribution in [2.75, 3.05) is 6.61 Å². The van der Waals surface area contributed by atoms with Gasteiger partial charge in [-0.2, -0.15) is 0 Å². The van der Waals surface area contributed by atoms with E-state index in [0.29, 0.717) is 16.7 Å². The number of benzene rings is 2. The Hall–Kier alpha value is -3.80. The van der Waals surface area contributed by atoms with Crippen molar-refractivity contribution in [1.82, 2.24) is 0 Å². The number of furan rings is 1. The van der Waals surface area contributed by atoms with Crippen LogP contribution in [-0.2, 0) is 22.6 Å². The first-order valence-corrected chi connectivity index (χ1v) is 9.61. The van der Waals surface area contributed by atoms with Gasteiger partial charge in [-0.25, -0.2) is 4.79 Å². The van der Waals surface area contributed by atoms with Crippen molar-refractivity contribution in [3.05, 3.63) is 88.3 Å². The Balaban J connectivity index is 1.61. The number of ether oxygens (including phenoxy) is 2. The van der Waals surface area contributed by atoms with Gasteiger partial charge < -0.3 is 18.3 Å². The third-order valence-corrected chi connectivity index (χ3v) is 4.64. The van der Waals surface area contributed by atoms with Crippen molar-refractivity contribution in [2.24, 2.45) is 0 Å². The molecule has 0 amide bonds. The normalized spacial score (nSPS) is 10.8. The molecule has 0 spiro atoms. The molecule has 2 heterocycles. The van der Waals surface area contributed by atoms with E-state index in [2.05, 4.69) is 0 Å². The fourth-order valence-corrected chi connectivity index (χ4v) is 3.06. The van der Waals surface area contributed by atoms with Crippen molar-refractivity contribution in [1.29, 1.82) is 0 Å². The van der Waals surface area contributed by atoms with Crippen LogP contribution in [0.1, 0.15) is 18.1 Å². The maximum absolute atomic E-state index is 13.1. The Kier molecular flexibility index (Phi) is 5.66. The molecule has 4 rings (SSSR count). The second kappa shape index (κ2) is 8.69. The first-order valence-electron chi connectivity index (χ1n) is 9.61. The Morgan fingerprint density at radius 1 is 1.00 bits per heavy atom. The summed E-state index contributed by atoms with van der Waals surface area (Å²) >= 11 is 0. The van der Waals surface area contributed by atoms with Crippen LogP contribution in [0.3, 0.4) is 0 Å². The monoisotopic (exact) mass is 404 g/mol. The third-order valence-electron chi connectivity index (χ3n) is 4.64. The van der Waals surface area contributed by atoms with Gasteiger partial charge in [0, 0.05) is 0 Å². The van der Waals surface area contributed by atoms with Gasteiger partial charge in [-0.3, -0.25) is 4.79 Å². The van der Waals surface area contributed by atoms with Gasteiger partial charge in [0.2, 0.25) is 16.9 Å². The summed E-state index contributed by atoms with van der Waals surface area (Å²) < 4.78 is 22.1. The second-order valence-electron chi connectivity index (χ2n) is 6.69. The van der Waals surface area contributed by atoms with Crippen LogP contribution in [0.4, 0.5) is 0 Å². The van der Waals surface area contributed by atoms with E-state index < -0.39 is 12.6 Å². The summed E-state index contributed by atoms with van der Waals surface area (Å²) in [4.78, 5) is 25.3. The highest BCUT2D eigenvalue weighted by Gasteiger charge is 2.21. The van der Waals surface area contributed by atoms with Crippen LogP contribution >= 0.6 is 0 Å². The molecular formula is C24H20O6. The number of rotatable bonds is 7. The zero-order valence-corrected chi connectivity index (χ0v) is 16.4. The van der Waals surface area contributed by atoms with Gasteiger partial charge in [0.05, 0.1) is 11.6 Å².